The first-order chi connectivity index (χ1) is 8.89. The van der Waals surface area contributed by atoms with Crippen LogP contribution in [0.1, 0.15) is 32.1 Å². The standard InChI is InChI=1S/C11H19N3O4S/c12-9(14-16)11(4-1-2-5-11)10(15)13-8-3-6-19(17,18)7-8/h8,16H,1-7H2,(H2,12,14)(H,13,15). The van der Waals surface area contributed by atoms with E-state index in [1.165, 1.54) is 0 Å². The van der Waals surface area contributed by atoms with Gasteiger partial charge in [0.15, 0.2) is 15.7 Å². The van der Waals surface area contributed by atoms with Gasteiger partial charge in [-0.15, -0.1) is 0 Å². The third-order valence-corrected chi connectivity index (χ3v) is 5.83. The van der Waals surface area contributed by atoms with Crippen molar-refractivity contribution in [2.24, 2.45) is 16.3 Å². The minimum absolute atomic E-state index is 0.0228. The van der Waals surface area contributed by atoms with Gasteiger partial charge in [-0.1, -0.05) is 18.0 Å². The zero-order chi connectivity index (χ0) is 14.1. The molecule has 0 bridgehead atoms. The van der Waals surface area contributed by atoms with Gasteiger partial charge in [-0.25, -0.2) is 8.42 Å². The Balaban J connectivity index is 2.10. The van der Waals surface area contributed by atoms with Crippen LogP contribution in [0.25, 0.3) is 0 Å². The molecule has 0 aromatic heterocycles. The van der Waals surface area contributed by atoms with Gasteiger partial charge in [0.05, 0.1) is 11.5 Å². The van der Waals surface area contributed by atoms with Crippen molar-refractivity contribution in [1.29, 1.82) is 0 Å². The highest BCUT2D eigenvalue weighted by Gasteiger charge is 2.46. The van der Waals surface area contributed by atoms with E-state index in [1.54, 1.807) is 0 Å². The number of sulfone groups is 1. The lowest BCUT2D eigenvalue weighted by molar-refractivity contribution is -0.128. The summed E-state index contributed by atoms with van der Waals surface area (Å²) >= 11 is 0. The number of carbonyl (C=O) groups excluding carboxylic acids is 1. The van der Waals surface area contributed by atoms with Crippen LogP contribution in [0.15, 0.2) is 5.16 Å². The molecule has 1 unspecified atom stereocenters. The Hall–Kier alpha value is -1.31. The van der Waals surface area contributed by atoms with Gasteiger partial charge < -0.3 is 16.3 Å². The third kappa shape index (κ3) is 2.68. The molecule has 108 valence electrons. The van der Waals surface area contributed by atoms with Gasteiger partial charge in [0, 0.05) is 6.04 Å². The van der Waals surface area contributed by atoms with Crippen molar-refractivity contribution in [2.75, 3.05) is 11.5 Å². The van der Waals surface area contributed by atoms with Crippen LogP contribution in [0, 0.1) is 5.41 Å². The summed E-state index contributed by atoms with van der Waals surface area (Å²) in [6.07, 6.45) is 3.18. The lowest BCUT2D eigenvalue weighted by Crippen LogP contribution is -2.51. The van der Waals surface area contributed by atoms with Crippen LogP contribution in [0.2, 0.25) is 0 Å². The summed E-state index contributed by atoms with van der Waals surface area (Å²) in [5.41, 5.74) is 4.69. The summed E-state index contributed by atoms with van der Waals surface area (Å²) < 4.78 is 22.7. The molecule has 0 aromatic rings. The average Bonchev–Trinajstić information content (AvgIpc) is 2.96. The molecule has 1 amide bonds. The number of rotatable bonds is 3. The summed E-state index contributed by atoms with van der Waals surface area (Å²) in [5.74, 6) is -0.315. The molecule has 7 nitrogen and oxygen atoms in total. The van der Waals surface area contributed by atoms with Crippen LogP contribution in [0.5, 0.6) is 0 Å². The van der Waals surface area contributed by atoms with E-state index in [9.17, 15) is 13.2 Å². The van der Waals surface area contributed by atoms with E-state index in [2.05, 4.69) is 10.5 Å². The number of carbonyl (C=O) groups is 1. The molecule has 2 aliphatic rings. The SMILES string of the molecule is N/C(=N/O)C1(C(=O)NC2CCS(=O)(=O)C2)CCCC1. The van der Waals surface area contributed by atoms with Crippen molar-refractivity contribution in [1.82, 2.24) is 5.32 Å². The first kappa shape index (κ1) is 14.1. The van der Waals surface area contributed by atoms with E-state index in [4.69, 9.17) is 10.9 Å². The normalized spacial score (nSPS) is 29.3. The second-order valence-corrected chi connectivity index (χ2v) is 7.58. The molecular weight excluding hydrogens is 270 g/mol. The molecule has 2 fully saturated rings. The fourth-order valence-corrected chi connectivity index (χ4v) is 4.58. The molecular formula is C11H19N3O4S. The summed E-state index contributed by atoms with van der Waals surface area (Å²) in [4.78, 5) is 12.4. The van der Waals surface area contributed by atoms with Gasteiger partial charge in [-0.05, 0) is 19.3 Å². The fraction of sp³-hybridized carbons (Fsp3) is 0.818. The largest absolute Gasteiger partial charge is 0.409 e. The summed E-state index contributed by atoms with van der Waals surface area (Å²) in [6.45, 7) is 0. The molecule has 8 heteroatoms. The molecule has 1 aliphatic carbocycles. The number of amidine groups is 1. The van der Waals surface area contributed by atoms with E-state index in [0.717, 1.165) is 12.8 Å². The predicted molar refractivity (Wildman–Crippen MR) is 69.5 cm³/mol. The fourth-order valence-electron chi connectivity index (χ4n) is 2.91. The minimum atomic E-state index is -3.04. The zero-order valence-electron chi connectivity index (χ0n) is 10.6. The maximum absolute atomic E-state index is 12.4. The molecule has 0 aromatic carbocycles. The molecule has 1 aliphatic heterocycles. The molecule has 0 radical (unpaired) electrons. The van der Waals surface area contributed by atoms with Gasteiger partial charge in [0.2, 0.25) is 5.91 Å². The first-order valence-corrected chi connectivity index (χ1v) is 8.21. The van der Waals surface area contributed by atoms with Crippen LogP contribution in [-0.2, 0) is 14.6 Å². The lowest BCUT2D eigenvalue weighted by Gasteiger charge is -2.27. The monoisotopic (exact) mass is 289 g/mol. The second kappa shape index (κ2) is 4.99. The van der Waals surface area contributed by atoms with Crippen LogP contribution < -0.4 is 11.1 Å². The number of hydrogen-bond acceptors (Lipinski definition) is 5. The molecule has 1 atom stereocenters. The van der Waals surface area contributed by atoms with Crippen molar-refractivity contribution in [2.45, 2.75) is 38.1 Å². The predicted octanol–water partition coefficient (Wildman–Crippen LogP) is -0.404. The minimum Gasteiger partial charge on any atom is -0.409 e. The lowest BCUT2D eigenvalue weighted by atomic mass is 9.83. The van der Waals surface area contributed by atoms with E-state index in [0.29, 0.717) is 19.3 Å². The van der Waals surface area contributed by atoms with Gasteiger partial charge in [-0.3, -0.25) is 4.79 Å². The Morgan fingerprint density at radius 1 is 1.37 bits per heavy atom. The highest BCUT2D eigenvalue weighted by molar-refractivity contribution is 7.91. The van der Waals surface area contributed by atoms with Crippen molar-refractivity contribution in [3.05, 3.63) is 0 Å². The summed E-state index contributed by atoms with van der Waals surface area (Å²) in [6, 6.07) is -0.360. The maximum Gasteiger partial charge on any atom is 0.234 e. The molecule has 2 rings (SSSR count). The van der Waals surface area contributed by atoms with E-state index < -0.39 is 15.3 Å². The van der Waals surface area contributed by atoms with Crippen molar-refractivity contribution in [3.8, 4) is 0 Å². The Kier molecular flexibility index (Phi) is 3.71. The summed E-state index contributed by atoms with van der Waals surface area (Å²) in [5, 5.41) is 14.6. The number of hydrogen-bond donors (Lipinski definition) is 3. The second-order valence-electron chi connectivity index (χ2n) is 5.35. The third-order valence-electron chi connectivity index (χ3n) is 4.06. The number of nitrogens with one attached hydrogen (secondary N) is 1. The average molecular weight is 289 g/mol. The zero-order valence-corrected chi connectivity index (χ0v) is 11.4. The van der Waals surface area contributed by atoms with E-state index in [1.807, 2.05) is 0 Å². The highest BCUT2D eigenvalue weighted by atomic mass is 32.2. The van der Waals surface area contributed by atoms with Crippen LogP contribution in [0.4, 0.5) is 0 Å². The topological polar surface area (TPSA) is 122 Å². The molecule has 1 saturated carbocycles. The van der Waals surface area contributed by atoms with Gasteiger partial charge >= 0.3 is 0 Å². The van der Waals surface area contributed by atoms with Crippen LogP contribution in [-0.4, -0.2) is 42.9 Å². The van der Waals surface area contributed by atoms with Gasteiger partial charge in [0.1, 0.15) is 5.41 Å². The number of nitrogens with two attached hydrogens (primary N) is 1. The van der Waals surface area contributed by atoms with E-state index >= 15 is 0 Å². The van der Waals surface area contributed by atoms with Gasteiger partial charge in [-0.2, -0.15) is 0 Å². The Bertz CT molecular complexity index is 494. The molecule has 0 spiro atoms. The smallest absolute Gasteiger partial charge is 0.234 e. The molecule has 19 heavy (non-hydrogen) atoms. The Labute approximate surface area is 112 Å². The quantitative estimate of drug-likeness (QED) is 0.282. The van der Waals surface area contributed by atoms with Crippen LogP contribution in [0.3, 0.4) is 0 Å². The molecule has 1 saturated heterocycles. The summed E-state index contributed by atoms with van der Waals surface area (Å²) in [7, 11) is -3.04. The number of oxime groups is 1. The highest BCUT2D eigenvalue weighted by Crippen LogP contribution is 2.38. The van der Waals surface area contributed by atoms with Gasteiger partial charge in [0.25, 0.3) is 0 Å². The van der Waals surface area contributed by atoms with Crippen molar-refractivity contribution < 1.29 is 18.4 Å². The molecule has 1 heterocycles. The first-order valence-electron chi connectivity index (χ1n) is 6.39. The Morgan fingerprint density at radius 3 is 2.47 bits per heavy atom. The van der Waals surface area contributed by atoms with E-state index in [-0.39, 0.29) is 29.3 Å². The van der Waals surface area contributed by atoms with Crippen molar-refractivity contribution in [3.63, 3.8) is 0 Å². The van der Waals surface area contributed by atoms with Crippen molar-refractivity contribution >= 4 is 21.6 Å². The number of nitrogens with zero attached hydrogens (tertiary/aromatic N) is 1. The van der Waals surface area contributed by atoms with Crippen LogP contribution >= 0.6 is 0 Å². The molecule has 4 N–H and O–H groups in total. The number of amides is 1. The Morgan fingerprint density at radius 2 is 2.00 bits per heavy atom. The maximum atomic E-state index is 12.4.